The first-order valence-electron chi connectivity index (χ1n) is 7.82. The van der Waals surface area contributed by atoms with Gasteiger partial charge in [-0.2, -0.15) is 0 Å². The average molecular weight is 314 g/mol. The molecule has 0 bridgehead atoms. The topological polar surface area (TPSA) is 49.3 Å². The molecule has 22 heavy (non-hydrogen) atoms. The van der Waals surface area contributed by atoms with Gasteiger partial charge in [-0.05, 0) is 12.8 Å². The molecule has 4 nitrogen and oxygen atoms in total. The van der Waals surface area contributed by atoms with Crippen LogP contribution in [0.15, 0.2) is 40.7 Å². The molecule has 1 aromatic carbocycles. The fourth-order valence-electron chi connectivity index (χ4n) is 2.73. The zero-order chi connectivity index (χ0) is 15.2. The van der Waals surface area contributed by atoms with Crippen LogP contribution in [0, 0.1) is 0 Å². The summed E-state index contributed by atoms with van der Waals surface area (Å²) in [6.45, 7) is 0.704. The van der Waals surface area contributed by atoms with Gasteiger partial charge in [0.25, 0.3) is 0 Å². The highest BCUT2D eigenvalue weighted by molar-refractivity contribution is 7.13. The van der Waals surface area contributed by atoms with Gasteiger partial charge in [-0.3, -0.25) is 4.99 Å². The number of hydrogen-bond donors (Lipinski definition) is 2. The predicted octanol–water partition coefficient (Wildman–Crippen LogP) is 3.42. The van der Waals surface area contributed by atoms with Crippen LogP contribution >= 0.6 is 11.3 Å². The van der Waals surface area contributed by atoms with Gasteiger partial charge < -0.3 is 10.6 Å². The van der Waals surface area contributed by atoms with Crippen molar-refractivity contribution in [2.75, 3.05) is 7.05 Å². The van der Waals surface area contributed by atoms with E-state index in [1.54, 1.807) is 11.3 Å². The van der Waals surface area contributed by atoms with Crippen LogP contribution in [0.5, 0.6) is 0 Å². The van der Waals surface area contributed by atoms with E-state index in [-0.39, 0.29) is 0 Å². The lowest BCUT2D eigenvalue weighted by atomic mass is 10.2. The summed E-state index contributed by atoms with van der Waals surface area (Å²) in [5.41, 5.74) is 2.23. The minimum Gasteiger partial charge on any atom is -0.354 e. The minimum atomic E-state index is 0.571. The first-order chi connectivity index (χ1) is 10.8. The summed E-state index contributed by atoms with van der Waals surface area (Å²) in [6, 6.07) is 10.9. The summed E-state index contributed by atoms with van der Waals surface area (Å²) >= 11 is 1.68. The second-order valence-corrected chi connectivity index (χ2v) is 6.42. The quantitative estimate of drug-likeness (QED) is 0.671. The number of nitrogens with zero attached hydrogens (tertiary/aromatic N) is 2. The largest absolute Gasteiger partial charge is 0.354 e. The molecular formula is C17H22N4S. The molecule has 0 atom stereocenters. The van der Waals surface area contributed by atoms with Crippen LogP contribution in [0.4, 0.5) is 0 Å². The van der Waals surface area contributed by atoms with Gasteiger partial charge in [-0.15, -0.1) is 11.3 Å². The Bertz CT molecular complexity index is 615. The van der Waals surface area contributed by atoms with E-state index in [1.807, 2.05) is 25.2 Å². The third-order valence-electron chi connectivity index (χ3n) is 3.93. The van der Waals surface area contributed by atoms with Gasteiger partial charge in [0, 0.05) is 24.0 Å². The van der Waals surface area contributed by atoms with Crippen molar-refractivity contribution in [2.24, 2.45) is 4.99 Å². The lowest BCUT2D eigenvalue weighted by molar-refractivity contribution is 0.613. The van der Waals surface area contributed by atoms with Gasteiger partial charge in [0.1, 0.15) is 5.01 Å². The molecule has 0 unspecified atom stereocenters. The van der Waals surface area contributed by atoms with E-state index in [1.165, 1.54) is 31.2 Å². The van der Waals surface area contributed by atoms with E-state index in [2.05, 4.69) is 33.1 Å². The molecule has 1 heterocycles. The molecule has 1 aromatic heterocycles. The van der Waals surface area contributed by atoms with Crippen molar-refractivity contribution < 1.29 is 0 Å². The molecule has 3 rings (SSSR count). The van der Waals surface area contributed by atoms with Gasteiger partial charge in [0.2, 0.25) is 0 Å². The molecule has 1 fully saturated rings. The third-order valence-corrected chi connectivity index (χ3v) is 4.87. The number of benzene rings is 1. The Kier molecular flexibility index (Phi) is 5.06. The Labute approximate surface area is 135 Å². The van der Waals surface area contributed by atoms with Gasteiger partial charge in [-0.25, -0.2) is 4.98 Å². The standard InChI is InChI=1S/C17H22N4S/c1-18-17(21-14-9-5-6-10-14)19-11-15-12-22-16(20-15)13-7-3-2-4-8-13/h2-4,7-8,12,14H,5-6,9-11H2,1H3,(H2,18,19,21). The molecule has 0 spiro atoms. The molecule has 1 aliphatic carbocycles. The van der Waals surface area contributed by atoms with Gasteiger partial charge in [-0.1, -0.05) is 43.2 Å². The maximum Gasteiger partial charge on any atom is 0.191 e. The summed E-state index contributed by atoms with van der Waals surface area (Å²) in [7, 11) is 1.82. The average Bonchev–Trinajstić information content (AvgIpc) is 3.24. The molecule has 2 aromatic rings. The number of hydrogen-bond acceptors (Lipinski definition) is 3. The number of aromatic nitrogens is 1. The van der Waals surface area contributed by atoms with E-state index in [4.69, 9.17) is 4.98 Å². The summed E-state index contributed by atoms with van der Waals surface area (Å²) in [4.78, 5) is 8.99. The summed E-state index contributed by atoms with van der Waals surface area (Å²) in [5.74, 6) is 0.876. The van der Waals surface area contributed by atoms with Crippen molar-refractivity contribution in [2.45, 2.75) is 38.3 Å². The van der Waals surface area contributed by atoms with Crippen molar-refractivity contribution in [1.29, 1.82) is 0 Å². The number of thiazole rings is 1. The molecule has 116 valence electrons. The third kappa shape index (κ3) is 3.85. The fraction of sp³-hybridized carbons (Fsp3) is 0.412. The van der Waals surface area contributed by atoms with Gasteiger partial charge >= 0.3 is 0 Å². The summed E-state index contributed by atoms with van der Waals surface area (Å²) in [5, 5.41) is 10.0. The van der Waals surface area contributed by atoms with Crippen molar-refractivity contribution in [1.82, 2.24) is 15.6 Å². The zero-order valence-corrected chi connectivity index (χ0v) is 13.7. The maximum atomic E-state index is 4.69. The minimum absolute atomic E-state index is 0.571. The van der Waals surface area contributed by atoms with Crippen molar-refractivity contribution in [3.63, 3.8) is 0 Å². The Morgan fingerprint density at radius 1 is 1.27 bits per heavy atom. The van der Waals surface area contributed by atoms with Crippen LogP contribution < -0.4 is 10.6 Å². The summed E-state index contributed by atoms with van der Waals surface area (Å²) in [6.07, 6.45) is 5.13. The number of guanidine groups is 1. The van der Waals surface area contributed by atoms with Gasteiger partial charge in [0.05, 0.1) is 12.2 Å². The first-order valence-corrected chi connectivity index (χ1v) is 8.70. The Hall–Kier alpha value is -1.88. The molecule has 0 aliphatic heterocycles. The lowest BCUT2D eigenvalue weighted by Gasteiger charge is -2.16. The highest BCUT2D eigenvalue weighted by Gasteiger charge is 2.15. The zero-order valence-electron chi connectivity index (χ0n) is 12.9. The molecule has 0 radical (unpaired) electrons. The molecule has 1 saturated carbocycles. The molecule has 1 aliphatic rings. The van der Waals surface area contributed by atoms with E-state index in [0.29, 0.717) is 12.6 Å². The van der Waals surface area contributed by atoms with Crippen molar-refractivity contribution >= 4 is 17.3 Å². The highest BCUT2D eigenvalue weighted by atomic mass is 32.1. The lowest BCUT2D eigenvalue weighted by Crippen LogP contribution is -2.41. The SMILES string of the molecule is CN=C(NCc1csc(-c2ccccc2)n1)NC1CCCC1. The summed E-state index contributed by atoms with van der Waals surface area (Å²) < 4.78 is 0. The highest BCUT2D eigenvalue weighted by Crippen LogP contribution is 2.23. The van der Waals surface area contributed by atoms with Crippen LogP contribution in [-0.4, -0.2) is 24.0 Å². The second-order valence-electron chi connectivity index (χ2n) is 5.56. The smallest absolute Gasteiger partial charge is 0.191 e. The normalized spacial score (nSPS) is 16.0. The van der Waals surface area contributed by atoms with E-state index in [0.717, 1.165) is 16.7 Å². The Morgan fingerprint density at radius 3 is 2.77 bits per heavy atom. The van der Waals surface area contributed by atoms with Crippen LogP contribution in [0.1, 0.15) is 31.4 Å². The second kappa shape index (κ2) is 7.40. The van der Waals surface area contributed by atoms with E-state index >= 15 is 0 Å². The maximum absolute atomic E-state index is 4.69. The predicted molar refractivity (Wildman–Crippen MR) is 93.1 cm³/mol. The van der Waals surface area contributed by atoms with Crippen molar-refractivity contribution in [3.8, 4) is 10.6 Å². The number of rotatable bonds is 4. The molecule has 5 heteroatoms. The molecule has 0 amide bonds. The Morgan fingerprint density at radius 2 is 2.05 bits per heavy atom. The van der Waals surface area contributed by atoms with Gasteiger partial charge in [0.15, 0.2) is 5.96 Å². The Balaban J connectivity index is 1.56. The van der Waals surface area contributed by atoms with E-state index in [9.17, 15) is 0 Å². The van der Waals surface area contributed by atoms with Crippen LogP contribution in [0.3, 0.4) is 0 Å². The molecule has 2 N–H and O–H groups in total. The van der Waals surface area contributed by atoms with Crippen LogP contribution in [0.2, 0.25) is 0 Å². The van der Waals surface area contributed by atoms with Crippen LogP contribution in [0.25, 0.3) is 10.6 Å². The number of nitrogens with one attached hydrogen (secondary N) is 2. The fourth-order valence-corrected chi connectivity index (χ4v) is 3.56. The van der Waals surface area contributed by atoms with E-state index < -0.39 is 0 Å². The molecule has 0 saturated heterocycles. The number of aliphatic imine (C=N–C) groups is 1. The van der Waals surface area contributed by atoms with Crippen LogP contribution in [-0.2, 0) is 6.54 Å². The molecular weight excluding hydrogens is 292 g/mol. The first kappa shape index (κ1) is 15.0. The monoisotopic (exact) mass is 314 g/mol. The van der Waals surface area contributed by atoms with Crippen molar-refractivity contribution in [3.05, 3.63) is 41.4 Å².